The van der Waals surface area contributed by atoms with E-state index in [1.807, 2.05) is 43.4 Å². The zero-order chi connectivity index (χ0) is 14.2. The largest absolute Gasteiger partial charge is 0.454 e. The SMILES string of the molecule is CNCc1ccc2oc(-c3ccc4c(c3)OCO4)nc2c1. The topological polar surface area (TPSA) is 56.5 Å². The van der Waals surface area contributed by atoms with Crippen LogP contribution < -0.4 is 14.8 Å². The Bertz CT molecular complexity index is 810. The Morgan fingerprint density at radius 2 is 2.00 bits per heavy atom. The van der Waals surface area contributed by atoms with Crippen molar-refractivity contribution in [2.75, 3.05) is 13.8 Å². The van der Waals surface area contributed by atoms with E-state index < -0.39 is 0 Å². The van der Waals surface area contributed by atoms with Gasteiger partial charge in [-0.25, -0.2) is 4.98 Å². The number of fused-ring (bicyclic) bond motifs is 2. The molecule has 0 radical (unpaired) electrons. The van der Waals surface area contributed by atoms with E-state index in [0.717, 1.165) is 34.7 Å². The molecular formula is C16H14N2O3. The fourth-order valence-corrected chi connectivity index (χ4v) is 2.44. The highest BCUT2D eigenvalue weighted by Gasteiger charge is 2.16. The third-order valence-electron chi connectivity index (χ3n) is 3.45. The quantitative estimate of drug-likeness (QED) is 0.800. The Morgan fingerprint density at radius 3 is 2.90 bits per heavy atom. The molecule has 4 rings (SSSR count). The number of aromatic nitrogens is 1. The van der Waals surface area contributed by atoms with E-state index in [1.54, 1.807) is 0 Å². The lowest BCUT2D eigenvalue weighted by atomic mass is 10.2. The molecule has 0 aliphatic carbocycles. The maximum atomic E-state index is 5.82. The van der Waals surface area contributed by atoms with E-state index in [0.29, 0.717) is 5.89 Å². The molecule has 2 heterocycles. The molecule has 0 bridgehead atoms. The molecule has 0 saturated heterocycles. The van der Waals surface area contributed by atoms with Crippen LogP contribution in [0, 0.1) is 0 Å². The number of nitrogens with zero attached hydrogens (tertiary/aromatic N) is 1. The third-order valence-corrected chi connectivity index (χ3v) is 3.45. The Kier molecular flexibility index (Phi) is 2.79. The molecule has 1 aliphatic heterocycles. The highest BCUT2D eigenvalue weighted by atomic mass is 16.7. The van der Waals surface area contributed by atoms with Crippen LogP contribution in [0.2, 0.25) is 0 Å². The first kappa shape index (κ1) is 12.2. The van der Waals surface area contributed by atoms with E-state index >= 15 is 0 Å². The number of rotatable bonds is 3. The predicted molar refractivity (Wildman–Crippen MR) is 78.3 cm³/mol. The summed E-state index contributed by atoms with van der Waals surface area (Å²) in [7, 11) is 1.92. The third kappa shape index (κ3) is 2.11. The van der Waals surface area contributed by atoms with E-state index in [1.165, 1.54) is 5.56 Å². The minimum Gasteiger partial charge on any atom is -0.454 e. The normalized spacial score (nSPS) is 13.0. The number of oxazole rings is 1. The van der Waals surface area contributed by atoms with Crippen LogP contribution in [0.15, 0.2) is 40.8 Å². The molecule has 0 saturated carbocycles. The Hall–Kier alpha value is -2.53. The molecule has 1 aromatic heterocycles. The summed E-state index contributed by atoms with van der Waals surface area (Å²) in [6.07, 6.45) is 0. The smallest absolute Gasteiger partial charge is 0.231 e. The molecule has 106 valence electrons. The maximum absolute atomic E-state index is 5.82. The number of hydrogen-bond donors (Lipinski definition) is 1. The highest BCUT2D eigenvalue weighted by molar-refractivity contribution is 5.77. The van der Waals surface area contributed by atoms with Gasteiger partial charge in [0.15, 0.2) is 17.1 Å². The molecule has 21 heavy (non-hydrogen) atoms. The zero-order valence-corrected chi connectivity index (χ0v) is 11.6. The van der Waals surface area contributed by atoms with Gasteiger partial charge < -0.3 is 19.2 Å². The molecule has 0 fully saturated rings. The van der Waals surface area contributed by atoms with Crippen LogP contribution in [0.5, 0.6) is 11.5 Å². The van der Waals surface area contributed by atoms with E-state index in [-0.39, 0.29) is 6.79 Å². The number of hydrogen-bond acceptors (Lipinski definition) is 5. The van der Waals surface area contributed by atoms with Gasteiger partial charge in [0.2, 0.25) is 12.7 Å². The van der Waals surface area contributed by atoms with Crippen molar-refractivity contribution in [3.8, 4) is 23.0 Å². The first-order chi connectivity index (χ1) is 10.3. The first-order valence-electron chi connectivity index (χ1n) is 6.77. The molecule has 1 N–H and O–H groups in total. The van der Waals surface area contributed by atoms with Crippen LogP contribution in [-0.4, -0.2) is 18.8 Å². The number of nitrogens with one attached hydrogen (secondary N) is 1. The number of benzene rings is 2. The second-order valence-electron chi connectivity index (χ2n) is 4.92. The Morgan fingerprint density at radius 1 is 1.10 bits per heavy atom. The van der Waals surface area contributed by atoms with Gasteiger partial charge in [-0.3, -0.25) is 0 Å². The summed E-state index contributed by atoms with van der Waals surface area (Å²) >= 11 is 0. The minimum absolute atomic E-state index is 0.264. The molecule has 0 amide bonds. The van der Waals surface area contributed by atoms with Crippen LogP contribution in [0.1, 0.15) is 5.56 Å². The van der Waals surface area contributed by atoms with Gasteiger partial charge >= 0.3 is 0 Å². The molecule has 1 aliphatic rings. The van der Waals surface area contributed by atoms with Crippen molar-refractivity contribution in [2.24, 2.45) is 0 Å². The maximum Gasteiger partial charge on any atom is 0.231 e. The lowest BCUT2D eigenvalue weighted by Gasteiger charge is -1.98. The average Bonchev–Trinajstić information content (AvgIpc) is 3.12. The van der Waals surface area contributed by atoms with Gasteiger partial charge in [0.1, 0.15) is 5.52 Å². The molecule has 2 aromatic carbocycles. The van der Waals surface area contributed by atoms with Crippen molar-refractivity contribution >= 4 is 11.1 Å². The second-order valence-corrected chi connectivity index (χ2v) is 4.92. The van der Waals surface area contributed by atoms with Crippen LogP contribution in [0.4, 0.5) is 0 Å². The van der Waals surface area contributed by atoms with Crippen molar-refractivity contribution in [1.82, 2.24) is 10.3 Å². The summed E-state index contributed by atoms with van der Waals surface area (Å²) in [5.41, 5.74) is 3.69. The van der Waals surface area contributed by atoms with Crippen LogP contribution in [-0.2, 0) is 6.54 Å². The summed E-state index contributed by atoms with van der Waals surface area (Å²) in [6, 6.07) is 11.7. The molecule has 0 spiro atoms. The summed E-state index contributed by atoms with van der Waals surface area (Å²) in [6.45, 7) is 1.07. The monoisotopic (exact) mass is 282 g/mol. The summed E-state index contributed by atoms with van der Waals surface area (Å²) in [5.74, 6) is 2.07. The van der Waals surface area contributed by atoms with Crippen molar-refractivity contribution in [3.05, 3.63) is 42.0 Å². The van der Waals surface area contributed by atoms with Crippen LogP contribution in [0.3, 0.4) is 0 Å². The highest BCUT2D eigenvalue weighted by Crippen LogP contribution is 2.36. The van der Waals surface area contributed by atoms with Crippen LogP contribution >= 0.6 is 0 Å². The van der Waals surface area contributed by atoms with Gasteiger partial charge in [0.25, 0.3) is 0 Å². The van der Waals surface area contributed by atoms with Crippen LogP contribution in [0.25, 0.3) is 22.6 Å². The lowest BCUT2D eigenvalue weighted by Crippen LogP contribution is -2.04. The van der Waals surface area contributed by atoms with E-state index in [9.17, 15) is 0 Å². The molecule has 5 nitrogen and oxygen atoms in total. The van der Waals surface area contributed by atoms with Gasteiger partial charge in [-0.1, -0.05) is 6.07 Å². The van der Waals surface area contributed by atoms with Crippen molar-refractivity contribution in [1.29, 1.82) is 0 Å². The standard InChI is InChI=1S/C16H14N2O3/c1-17-8-10-2-4-13-12(6-10)18-16(21-13)11-3-5-14-15(7-11)20-9-19-14/h2-7,17H,8-9H2,1H3. The molecule has 0 atom stereocenters. The van der Waals surface area contributed by atoms with Gasteiger partial charge in [-0.15, -0.1) is 0 Å². The summed E-state index contributed by atoms with van der Waals surface area (Å²) in [5, 5.41) is 3.13. The minimum atomic E-state index is 0.264. The molecule has 5 heteroatoms. The van der Waals surface area contributed by atoms with E-state index in [2.05, 4.69) is 10.3 Å². The van der Waals surface area contributed by atoms with Gasteiger partial charge in [-0.05, 0) is 42.9 Å². The molecule has 0 unspecified atom stereocenters. The van der Waals surface area contributed by atoms with Crippen molar-refractivity contribution < 1.29 is 13.9 Å². The summed E-state index contributed by atoms with van der Waals surface area (Å²) in [4.78, 5) is 4.56. The summed E-state index contributed by atoms with van der Waals surface area (Å²) < 4.78 is 16.5. The second kappa shape index (κ2) is 4.79. The fourth-order valence-electron chi connectivity index (χ4n) is 2.44. The van der Waals surface area contributed by atoms with E-state index in [4.69, 9.17) is 13.9 Å². The first-order valence-corrected chi connectivity index (χ1v) is 6.77. The van der Waals surface area contributed by atoms with Crippen molar-refractivity contribution in [3.63, 3.8) is 0 Å². The number of ether oxygens (including phenoxy) is 2. The Balaban J connectivity index is 1.76. The Labute approximate surface area is 121 Å². The van der Waals surface area contributed by atoms with Gasteiger partial charge in [0, 0.05) is 12.1 Å². The van der Waals surface area contributed by atoms with Gasteiger partial charge in [0.05, 0.1) is 0 Å². The average molecular weight is 282 g/mol. The van der Waals surface area contributed by atoms with Gasteiger partial charge in [-0.2, -0.15) is 0 Å². The molecule has 3 aromatic rings. The predicted octanol–water partition coefficient (Wildman–Crippen LogP) is 2.94. The molecular weight excluding hydrogens is 268 g/mol. The zero-order valence-electron chi connectivity index (χ0n) is 11.6. The lowest BCUT2D eigenvalue weighted by molar-refractivity contribution is 0.174. The van der Waals surface area contributed by atoms with Crippen molar-refractivity contribution in [2.45, 2.75) is 6.54 Å². The fraction of sp³-hybridized carbons (Fsp3) is 0.188.